The highest BCUT2D eigenvalue weighted by atomic mass is 35.5. The minimum Gasteiger partial charge on any atom is -0.508 e. The Bertz CT molecular complexity index is 968. The second-order valence-electron chi connectivity index (χ2n) is 8.25. The number of hydrogen-bond acceptors (Lipinski definition) is 3. The van der Waals surface area contributed by atoms with E-state index in [1.165, 1.54) is 27.9 Å². The van der Waals surface area contributed by atoms with Crippen molar-refractivity contribution >= 4 is 18.1 Å². The molecule has 5 rings (SSSR count). The molecular formula is C26H29ClN2O. The van der Waals surface area contributed by atoms with Gasteiger partial charge in [0.2, 0.25) is 0 Å². The second kappa shape index (κ2) is 9.11. The smallest absolute Gasteiger partial charge is 0.115 e. The lowest BCUT2D eigenvalue weighted by atomic mass is 9.69. The van der Waals surface area contributed by atoms with Crippen molar-refractivity contribution in [2.45, 2.75) is 24.7 Å². The fourth-order valence-electron chi connectivity index (χ4n) is 5.09. The number of piperazine rings is 1. The first-order valence-electron chi connectivity index (χ1n) is 10.7. The second-order valence-corrected chi connectivity index (χ2v) is 8.25. The number of rotatable bonds is 3. The van der Waals surface area contributed by atoms with Gasteiger partial charge in [0.15, 0.2) is 0 Å². The summed E-state index contributed by atoms with van der Waals surface area (Å²) >= 11 is 0. The maximum Gasteiger partial charge on any atom is 0.115 e. The monoisotopic (exact) mass is 420 g/mol. The number of fused-ring (bicyclic) bond motifs is 1. The molecule has 2 atom stereocenters. The number of phenolic OH excluding ortho intramolecular Hbond substituents is 1. The molecule has 4 heteroatoms. The van der Waals surface area contributed by atoms with Gasteiger partial charge in [-0.3, -0.25) is 0 Å². The van der Waals surface area contributed by atoms with E-state index in [1.54, 1.807) is 0 Å². The highest BCUT2D eigenvalue weighted by molar-refractivity contribution is 5.85. The lowest BCUT2D eigenvalue weighted by Gasteiger charge is -2.35. The summed E-state index contributed by atoms with van der Waals surface area (Å²) in [6.45, 7) is 4.24. The quantitative estimate of drug-likeness (QED) is 0.619. The van der Waals surface area contributed by atoms with Crippen molar-refractivity contribution in [2.24, 2.45) is 0 Å². The number of phenols is 1. The number of hydrogen-bond donors (Lipinski definition) is 2. The summed E-state index contributed by atoms with van der Waals surface area (Å²) in [5.41, 5.74) is 6.73. The van der Waals surface area contributed by atoms with Crippen molar-refractivity contribution in [3.63, 3.8) is 0 Å². The molecule has 1 fully saturated rings. The Kier molecular flexibility index (Phi) is 6.31. The van der Waals surface area contributed by atoms with Crippen LogP contribution in [-0.4, -0.2) is 31.3 Å². The zero-order chi connectivity index (χ0) is 19.6. The van der Waals surface area contributed by atoms with Crippen LogP contribution in [0.3, 0.4) is 0 Å². The number of benzene rings is 3. The zero-order valence-electron chi connectivity index (χ0n) is 17.1. The molecule has 0 aromatic heterocycles. The van der Waals surface area contributed by atoms with Crippen LogP contribution in [0.4, 0.5) is 5.69 Å². The lowest BCUT2D eigenvalue weighted by Crippen LogP contribution is -2.43. The molecule has 1 aliphatic heterocycles. The molecule has 0 bridgehead atoms. The van der Waals surface area contributed by atoms with Crippen LogP contribution in [0.2, 0.25) is 0 Å². The van der Waals surface area contributed by atoms with Crippen LogP contribution in [-0.2, 0) is 6.42 Å². The van der Waals surface area contributed by atoms with E-state index >= 15 is 0 Å². The van der Waals surface area contributed by atoms with Gasteiger partial charge < -0.3 is 15.3 Å². The van der Waals surface area contributed by atoms with Crippen LogP contribution in [0.25, 0.3) is 0 Å². The van der Waals surface area contributed by atoms with Crippen molar-refractivity contribution in [1.29, 1.82) is 0 Å². The van der Waals surface area contributed by atoms with E-state index in [1.807, 2.05) is 12.1 Å². The van der Waals surface area contributed by atoms with Crippen molar-refractivity contribution in [3.8, 4) is 5.75 Å². The first-order chi connectivity index (χ1) is 14.3. The molecule has 3 nitrogen and oxygen atoms in total. The molecule has 3 aromatic rings. The van der Waals surface area contributed by atoms with Gasteiger partial charge in [0.1, 0.15) is 5.75 Å². The minimum absolute atomic E-state index is 0. The average molecular weight is 421 g/mol. The van der Waals surface area contributed by atoms with Crippen molar-refractivity contribution in [3.05, 3.63) is 95.1 Å². The Balaban J connectivity index is 0.00000218. The molecule has 2 N–H and O–H groups in total. The molecule has 1 aliphatic carbocycles. The van der Waals surface area contributed by atoms with Crippen LogP contribution in [0.1, 0.15) is 40.5 Å². The van der Waals surface area contributed by atoms with E-state index in [4.69, 9.17) is 0 Å². The molecule has 0 saturated carbocycles. The molecule has 30 heavy (non-hydrogen) atoms. The lowest BCUT2D eigenvalue weighted by molar-refractivity contribution is 0.469. The number of halogens is 1. The van der Waals surface area contributed by atoms with Gasteiger partial charge in [-0.05, 0) is 65.3 Å². The topological polar surface area (TPSA) is 35.5 Å². The standard InChI is InChI=1S/C26H28N2O.ClH/c29-23-11-13-25-21(18-23)8-12-24(19-4-2-1-3-5-19)26(25)20-6-9-22(10-7-20)28-16-14-27-15-17-28;/h1-7,9-11,13,18,24,26-27,29H,8,12,14-17H2;1H/t24-,26+;/m1./s1. The fraction of sp³-hybridized carbons (Fsp3) is 0.308. The Morgan fingerprint density at radius 3 is 2.30 bits per heavy atom. The molecular weight excluding hydrogens is 392 g/mol. The van der Waals surface area contributed by atoms with Gasteiger partial charge >= 0.3 is 0 Å². The first-order valence-corrected chi connectivity index (χ1v) is 10.7. The van der Waals surface area contributed by atoms with Gasteiger partial charge in [0.05, 0.1) is 0 Å². The molecule has 0 unspecified atom stereocenters. The molecule has 0 radical (unpaired) electrons. The third kappa shape index (κ3) is 4.05. The van der Waals surface area contributed by atoms with Gasteiger partial charge in [-0.25, -0.2) is 0 Å². The van der Waals surface area contributed by atoms with Crippen LogP contribution < -0.4 is 10.2 Å². The molecule has 2 aliphatic rings. The maximum absolute atomic E-state index is 10.00. The normalized spacial score (nSPS) is 20.9. The van der Waals surface area contributed by atoms with Crippen LogP contribution in [0.5, 0.6) is 5.75 Å². The summed E-state index contributed by atoms with van der Waals surface area (Å²) in [5, 5.41) is 13.4. The minimum atomic E-state index is 0. The van der Waals surface area contributed by atoms with E-state index in [2.05, 4.69) is 70.9 Å². The Morgan fingerprint density at radius 1 is 0.833 bits per heavy atom. The highest BCUT2D eigenvalue weighted by Gasteiger charge is 2.32. The number of aromatic hydroxyl groups is 1. The van der Waals surface area contributed by atoms with E-state index in [0.717, 1.165) is 39.0 Å². The fourth-order valence-corrected chi connectivity index (χ4v) is 5.09. The van der Waals surface area contributed by atoms with E-state index in [0.29, 0.717) is 17.6 Å². The summed E-state index contributed by atoms with van der Waals surface area (Å²) in [7, 11) is 0. The van der Waals surface area contributed by atoms with Crippen molar-refractivity contribution in [2.75, 3.05) is 31.1 Å². The summed E-state index contributed by atoms with van der Waals surface area (Å²) < 4.78 is 0. The number of nitrogens with zero attached hydrogens (tertiary/aromatic N) is 1. The predicted octanol–water partition coefficient (Wildman–Crippen LogP) is 5.09. The van der Waals surface area contributed by atoms with Crippen molar-refractivity contribution < 1.29 is 5.11 Å². The summed E-state index contributed by atoms with van der Waals surface area (Å²) in [6, 6.07) is 26.1. The molecule has 1 saturated heterocycles. The predicted molar refractivity (Wildman–Crippen MR) is 126 cm³/mol. The van der Waals surface area contributed by atoms with Crippen LogP contribution in [0, 0.1) is 0 Å². The van der Waals surface area contributed by atoms with Crippen LogP contribution in [0.15, 0.2) is 72.8 Å². The van der Waals surface area contributed by atoms with Gasteiger partial charge in [0, 0.05) is 37.8 Å². The third-order valence-electron chi connectivity index (χ3n) is 6.55. The molecule has 0 amide bonds. The van der Waals surface area contributed by atoms with Gasteiger partial charge in [-0.1, -0.05) is 48.5 Å². The van der Waals surface area contributed by atoms with Crippen molar-refractivity contribution in [1.82, 2.24) is 5.32 Å². The largest absolute Gasteiger partial charge is 0.508 e. The van der Waals surface area contributed by atoms with E-state index < -0.39 is 0 Å². The SMILES string of the molecule is Cl.Oc1ccc2c(c1)CC[C@H](c1ccccc1)[C@@H]2c1ccc(N2CCNCC2)cc1. The average Bonchev–Trinajstić information content (AvgIpc) is 2.79. The molecule has 3 aromatic carbocycles. The van der Waals surface area contributed by atoms with E-state index in [9.17, 15) is 5.11 Å². The van der Waals surface area contributed by atoms with E-state index in [-0.39, 0.29) is 12.4 Å². The van der Waals surface area contributed by atoms with Gasteiger partial charge in [-0.15, -0.1) is 12.4 Å². The Labute approximate surface area is 185 Å². The highest BCUT2D eigenvalue weighted by Crippen LogP contribution is 2.47. The number of anilines is 1. The zero-order valence-corrected chi connectivity index (χ0v) is 17.9. The molecule has 1 heterocycles. The van der Waals surface area contributed by atoms with Gasteiger partial charge in [0.25, 0.3) is 0 Å². The summed E-state index contributed by atoms with van der Waals surface area (Å²) in [6.07, 6.45) is 2.11. The maximum atomic E-state index is 10.00. The summed E-state index contributed by atoms with van der Waals surface area (Å²) in [5.74, 6) is 1.15. The number of nitrogens with one attached hydrogen (secondary N) is 1. The van der Waals surface area contributed by atoms with Crippen LogP contribution >= 0.6 is 12.4 Å². The molecule has 156 valence electrons. The van der Waals surface area contributed by atoms with Gasteiger partial charge in [-0.2, -0.15) is 0 Å². The third-order valence-corrected chi connectivity index (χ3v) is 6.55. The Hall–Kier alpha value is -2.49. The first kappa shape index (κ1) is 20.8. The summed E-state index contributed by atoms with van der Waals surface area (Å²) in [4.78, 5) is 2.46. The molecule has 0 spiro atoms. The Morgan fingerprint density at radius 2 is 1.57 bits per heavy atom. The number of aryl methyl sites for hydroxylation is 1.